The van der Waals surface area contributed by atoms with Crippen molar-refractivity contribution < 1.29 is 0 Å². The molecule has 0 saturated heterocycles. The Morgan fingerprint density at radius 3 is 0.915 bits per heavy atom. The van der Waals surface area contributed by atoms with Gasteiger partial charge in [-0.15, -0.1) is 0 Å². The van der Waals surface area contributed by atoms with E-state index in [9.17, 15) is 5.26 Å². The summed E-state index contributed by atoms with van der Waals surface area (Å²) in [7, 11) is 0. The lowest BCUT2D eigenvalue weighted by atomic mass is 9.86. The lowest BCUT2D eigenvalue weighted by molar-refractivity contribution is 0.591. The van der Waals surface area contributed by atoms with Gasteiger partial charge in [-0.25, -0.2) is 9.97 Å². The molecule has 16 rings (SSSR count). The first-order chi connectivity index (χ1) is 45.2. The summed E-state index contributed by atoms with van der Waals surface area (Å²) in [5.74, 6) is 0.547. The summed E-state index contributed by atoms with van der Waals surface area (Å²) < 4.78 is 9.98. The van der Waals surface area contributed by atoms with E-state index in [1.807, 2.05) is 24.3 Å². The van der Waals surface area contributed by atoms with E-state index in [1.165, 1.54) is 22.3 Å². The van der Waals surface area contributed by atoms with E-state index in [-0.39, 0.29) is 21.7 Å². The first-order valence-electron chi connectivity index (χ1n) is 33.0. The zero-order chi connectivity index (χ0) is 64.9. The van der Waals surface area contributed by atoms with Gasteiger partial charge in [-0.1, -0.05) is 241 Å². The average Bonchev–Trinajstić information content (AvgIpc) is 1.45. The van der Waals surface area contributed by atoms with Crippen LogP contribution >= 0.6 is 0 Å². The van der Waals surface area contributed by atoms with Gasteiger partial charge in [0.2, 0.25) is 0 Å². The number of hydrogen-bond acceptors (Lipinski definition) is 3. The number of rotatable bonds is 7. The molecule has 11 aromatic carbocycles. The van der Waals surface area contributed by atoms with E-state index in [0.29, 0.717) is 22.6 Å². The zero-order valence-corrected chi connectivity index (χ0v) is 55.6. The van der Waals surface area contributed by atoms with Crippen molar-refractivity contribution in [2.45, 2.75) is 105 Å². The molecule has 0 N–H and O–H groups in total. The number of nitriles is 1. The van der Waals surface area contributed by atoms with Crippen molar-refractivity contribution in [3.8, 4) is 62.7 Å². The van der Waals surface area contributed by atoms with Gasteiger partial charge in [0.1, 0.15) is 6.07 Å². The molecule has 0 fully saturated rings. The molecule has 0 aliphatic heterocycles. The number of aromatic nitrogens is 6. The van der Waals surface area contributed by atoms with E-state index in [2.05, 4.69) is 320 Å². The van der Waals surface area contributed by atoms with Gasteiger partial charge in [0, 0.05) is 59.8 Å². The predicted molar refractivity (Wildman–Crippen MR) is 395 cm³/mol. The fourth-order valence-electron chi connectivity index (χ4n) is 14.7. The van der Waals surface area contributed by atoms with Crippen LogP contribution in [-0.4, -0.2) is 28.2 Å². The summed E-state index contributed by atoms with van der Waals surface area (Å²) in [5, 5.41) is 22.3. The number of para-hydroxylation sites is 4. The third-order valence-electron chi connectivity index (χ3n) is 19.6. The summed E-state index contributed by atoms with van der Waals surface area (Å²) in [4.78, 5) is 11.4. The molecule has 0 atom stereocenters. The van der Waals surface area contributed by atoms with E-state index in [4.69, 9.17) is 9.97 Å². The molecular formula is C87H75N7. The fourth-order valence-corrected chi connectivity index (χ4v) is 14.7. The Bertz CT molecular complexity index is 5770. The number of fused-ring (bicyclic) bond motifs is 12. The predicted octanol–water partition coefficient (Wildman–Crippen LogP) is 22.9. The van der Waals surface area contributed by atoms with Gasteiger partial charge in [-0.2, -0.15) is 5.26 Å². The zero-order valence-electron chi connectivity index (χ0n) is 55.6. The maximum atomic E-state index is 13.4. The van der Waals surface area contributed by atoms with Crippen LogP contribution in [0.25, 0.3) is 144 Å². The van der Waals surface area contributed by atoms with Gasteiger partial charge in [-0.05, 0) is 123 Å². The average molecular weight is 1220 g/mol. The summed E-state index contributed by atoms with van der Waals surface area (Å²) in [5.41, 5.74) is 19.8. The highest BCUT2D eigenvalue weighted by Gasteiger charge is 2.37. The van der Waals surface area contributed by atoms with Crippen LogP contribution in [0.15, 0.2) is 237 Å². The van der Waals surface area contributed by atoms with E-state index in [1.54, 1.807) is 0 Å². The quantitative estimate of drug-likeness (QED) is 0.160. The van der Waals surface area contributed by atoms with Gasteiger partial charge in [0.15, 0.2) is 5.82 Å². The Morgan fingerprint density at radius 1 is 0.277 bits per heavy atom. The second-order valence-corrected chi connectivity index (χ2v) is 29.8. The second-order valence-electron chi connectivity index (χ2n) is 29.8. The van der Waals surface area contributed by atoms with Gasteiger partial charge in [-0.3, -0.25) is 0 Å². The first kappa shape index (κ1) is 58.3. The third kappa shape index (κ3) is 9.13. The van der Waals surface area contributed by atoms with Gasteiger partial charge < -0.3 is 18.3 Å². The molecule has 0 aliphatic carbocycles. The number of nitrogens with zero attached hydrogens (tertiary/aromatic N) is 7. The smallest absolute Gasteiger partial charge is 0.160 e. The molecule has 0 unspecified atom stereocenters. The van der Waals surface area contributed by atoms with Gasteiger partial charge in [0.05, 0.1) is 83.8 Å². The summed E-state index contributed by atoms with van der Waals surface area (Å²) in [6.45, 7) is 27.5. The molecule has 5 aromatic heterocycles. The molecule has 16 aromatic rings. The van der Waals surface area contributed by atoms with Crippen molar-refractivity contribution in [2.24, 2.45) is 0 Å². The second kappa shape index (κ2) is 21.1. The van der Waals surface area contributed by atoms with Crippen LogP contribution in [0.5, 0.6) is 0 Å². The molecular weight excluding hydrogens is 1140 g/mol. The lowest BCUT2D eigenvalue weighted by Crippen LogP contribution is -2.17. The Hall–Kier alpha value is -10.8. The van der Waals surface area contributed by atoms with Crippen LogP contribution < -0.4 is 0 Å². The topological polar surface area (TPSA) is 69.3 Å². The maximum Gasteiger partial charge on any atom is 0.160 e. The number of hydrogen-bond donors (Lipinski definition) is 0. The van der Waals surface area contributed by atoms with Crippen LogP contribution in [0, 0.1) is 11.3 Å². The minimum absolute atomic E-state index is 0.154. The highest BCUT2D eigenvalue weighted by Crippen LogP contribution is 2.53. The molecule has 94 heavy (non-hydrogen) atoms. The highest BCUT2D eigenvalue weighted by molar-refractivity contribution is 6.17. The van der Waals surface area contributed by atoms with Gasteiger partial charge in [0.25, 0.3) is 0 Å². The van der Waals surface area contributed by atoms with Crippen LogP contribution in [0.3, 0.4) is 0 Å². The summed E-state index contributed by atoms with van der Waals surface area (Å²) >= 11 is 0. The molecule has 0 amide bonds. The molecule has 0 bridgehead atoms. The molecule has 5 heterocycles. The van der Waals surface area contributed by atoms with Crippen molar-refractivity contribution in [2.75, 3.05) is 0 Å². The van der Waals surface area contributed by atoms with E-state index >= 15 is 0 Å². The third-order valence-corrected chi connectivity index (χ3v) is 19.6. The molecule has 0 saturated carbocycles. The Labute approximate surface area is 549 Å². The SMILES string of the molecule is CC(C)(C)c1ccc2c(c1)c1ccccc1n2-c1c(C#N)c(-c2cc(-c3ccccc3)nc(-c3ccccc3)n2)c(-n2c3ccccc3c3cc(C(C)(C)C)ccc32)c(-n2c3ccccc3c3cc(C(C)(C)C)ccc32)c1-n1c2ccccc2c2cc(C(C)(C)C)ccc21. The molecule has 458 valence electrons. The summed E-state index contributed by atoms with van der Waals surface area (Å²) in [6, 6.07) is 89.6. The first-order valence-corrected chi connectivity index (χ1v) is 33.0. The maximum absolute atomic E-state index is 13.4. The van der Waals surface area contributed by atoms with Crippen LogP contribution in [-0.2, 0) is 21.7 Å². The van der Waals surface area contributed by atoms with Crippen molar-refractivity contribution in [3.63, 3.8) is 0 Å². The highest BCUT2D eigenvalue weighted by atomic mass is 15.1. The van der Waals surface area contributed by atoms with Gasteiger partial charge >= 0.3 is 0 Å². The van der Waals surface area contributed by atoms with Crippen molar-refractivity contribution in [3.05, 3.63) is 264 Å². The van der Waals surface area contributed by atoms with Crippen LogP contribution in [0.2, 0.25) is 0 Å². The molecule has 0 spiro atoms. The fraction of sp³-hybridized carbons (Fsp3) is 0.184. The van der Waals surface area contributed by atoms with Crippen molar-refractivity contribution in [1.82, 2.24) is 28.2 Å². The minimum Gasteiger partial charge on any atom is -0.306 e. The minimum atomic E-state index is -0.159. The Balaban J connectivity index is 1.27. The molecule has 0 aliphatic rings. The van der Waals surface area contributed by atoms with E-state index in [0.717, 1.165) is 127 Å². The van der Waals surface area contributed by atoms with E-state index < -0.39 is 0 Å². The summed E-state index contributed by atoms with van der Waals surface area (Å²) in [6.07, 6.45) is 0. The molecule has 0 radical (unpaired) electrons. The lowest BCUT2D eigenvalue weighted by Gasteiger charge is -2.29. The Morgan fingerprint density at radius 2 is 0.564 bits per heavy atom. The van der Waals surface area contributed by atoms with Crippen LogP contribution in [0.1, 0.15) is 111 Å². The van der Waals surface area contributed by atoms with Crippen molar-refractivity contribution >= 4 is 87.2 Å². The largest absolute Gasteiger partial charge is 0.306 e. The monoisotopic (exact) mass is 1220 g/mol. The number of benzene rings is 11. The normalized spacial score (nSPS) is 12.7. The molecule has 7 nitrogen and oxygen atoms in total. The van der Waals surface area contributed by atoms with Crippen molar-refractivity contribution in [1.29, 1.82) is 5.26 Å². The standard InChI is InChI=1S/C87H75N7/c1-84(2,3)55-39-43-74-63(47-55)59-31-19-23-35-70(59)91(74)79-67(52-88)78(69-51-68(53-27-15-13-16-28-53)89-83(90-69)54-29-17-14-18-30-54)80(92-71-36-24-20-32-60(71)64-48-56(85(4,5)6)40-44-75(64)92)82(94-73-38-26-22-34-62(73)66-50-58(87(10,11)12)42-46-77(66)94)81(79)93-72-37-25-21-33-61(72)65-49-57(86(7,8)9)41-45-76(65)93/h13-51H,1-12H3. The Kier molecular flexibility index (Phi) is 13.1. The molecule has 7 heteroatoms. The van der Waals surface area contributed by atoms with Crippen LogP contribution in [0.4, 0.5) is 0 Å².